The molecule has 0 bridgehead atoms. The fraction of sp³-hybridized carbons (Fsp3) is 0.542. The minimum Gasteiger partial charge on any atom is -0.466 e. The van der Waals surface area contributed by atoms with Crippen LogP contribution in [0.3, 0.4) is 0 Å². The Hall–Kier alpha value is -2.11. The molecule has 1 heterocycles. The highest BCUT2D eigenvalue weighted by atomic mass is 16.3. The van der Waals surface area contributed by atoms with Gasteiger partial charge in [-0.25, -0.2) is 0 Å². The van der Waals surface area contributed by atoms with E-state index in [-0.39, 0.29) is 17.4 Å². The summed E-state index contributed by atoms with van der Waals surface area (Å²) in [6.07, 6.45) is 0.828. The molecule has 0 spiro atoms. The van der Waals surface area contributed by atoms with Crippen molar-refractivity contribution in [3.63, 3.8) is 0 Å². The summed E-state index contributed by atoms with van der Waals surface area (Å²) in [6, 6.07) is 7.69. The quantitative estimate of drug-likeness (QED) is 0.485. The fourth-order valence-electron chi connectivity index (χ4n) is 3.93. The number of nitrogens with zero attached hydrogens (tertiary/aromatic N) is 1. The molecule has 5 heteroatoms. The number of hydrogen-bond acceptors (Lipinski definition) is 4. The number of carbonyl (C=O) groups is 1. The number of nitrogens with one attached hydrogen (secondary N) is 1. The van der Waals surface area contributed by atoms with Crippen molar-refractivity contribution in [2.45, 2.75) is 80.5 Å². The van der Waals surface area contributed by atoms with Gasteiger partial charge in [0.15, 0.2) is 0 Å². The molecule has 2 rings (SSSR count). The number of aliphatic hydroxyl groups excluding tert-OH is 1. The Morgan fingerprint density at radius 2 is 1.69 bits per heavy atom. The van der Waals surface area contributed by atoms with E-state index in [4.69, 9.17) is 4.42 Å². The summed E-state index contributed by atoms with van der Waals surface area (Å²) in [5, 5.41) is 13.1. The molecule has 0 fully saturated rings. The molecule has 2 aromatic rings. The van der Waals surface area contributed by atoms with Crippen LogP contribution in [0.5, 0.6) is 0 Å². The molecule has 160 valence electrons. The average Bonchev–Trinajstić information content (AvgIpc) is 2.93. The lowest BCUT2D eigenvalue weighted by Crippen LogP contribution is -2.55. The fourth-order valence-corrected chi connectivity index (χ4v) is 3.93. The zero-order valence-corrected chi connectivity index (χ0v) is 19.1. The molecule has 1 amide bonds. The average molecular weight is 401 g/mol. The number of aliphatic hydroxyl groups is 1. The first-order valence-electron chi connectivity index (χ1n) is 10.4. The number of furan rings is 1. The van der Waals surface area contributed by atoms with Crippen LogP contribution in [0.1, 0.15) is 85.3 Å². The van der Waals surface area contributed by atoms with Crippen molar-refractivity contribution in [3.05, 3.63) is 58.0 Å². The summed E-state index contributed by atoms with van der Waals surface area (Å²) >= 11 is 0. The molecule has 0 aliphatic rings. The van der Waals surface area contributed by atoms with Gasteiger partial charge in [-0.05, 0) is 51.2 Å². The van der Waals surface area contributed by atoms with E-state index in [1.165, 1.54) is 0 Å². The van der Waals surface area contributed by atoms with Gasteiger partial charge in [-0.15, -0.1) is 0 Å². The largest absolute Gasteiger partial charge is 0.466 e. The van der Waals surface area contributed by atoms with Gasteiger partial charge >= 0.3 is 0 Å². The molecule has 1 unspecified atom stereocenters. The second kappa shape index (κ2) is 9.14. The van der Waals surface area contributed by atoms with Crippen molar-refractivity contribution >= 4 is 5.91 Å². The van der Waals surface area contributed by atoms with Gasteiger partial charge in [0.05, 0.1) is 5.56 Å². The molecule has 2 atom stereocenters. The molecule has 5 nitrogen and oxygen atoms in total. The summed E-state index contributed by atoms with van der Waals surface area (Å²) in [5.74, 6) is 0.992. The number of aryl methyl sites for hydroxylation is 4. The molecule has 2 N–H and O–H groups in total. The van der Waals surface area contributed by atoms with E-state index < -0.39 is 6.23 Å². The Morgan fingerprint density at radius 3 is 2.14 bits per heavy atom. The maximum absolute atomic E-state index is 13.1. The Kier molecular flexibility index (Phi) is 7.30. The van der Waals surface area contributed by atoms with Crippen LogP contribution in [0.15, 0.2) is 28.7 Å². The Labute approximate surface area is 175 Å². The van der Waals surface area contributed by atoms with Crippen LogP contribution in [-0.4, -0.2) is 22.1 Å². The van der Waals surface area contributed by atoms with Crippen LogP contribution >= 0.6 is 0 Å². The Bertz CT molecular complexity index is 828. The third kappa shape index (κ3) is 5.71. The number of hydrogen-bond donors (Lipinski definition) is 2. The zero-order chi connectivity index (χ0) is 21.9. The summed E-state index contributed by atoms with van der Waals surface area (Å²) in [5.41, 5.74) is 6.27. The van der Waals surface area contributed by atoms with Gasteiger partial charge in [-0.1, -0.05) is 63.4 Å². The van der Waals surface area contributed by atoms with E-state index >= 15 is 0 Å². The van der Waals surface area contributed by atoms with Gasteiger partial charge in [0, 0.05) is 6.04 Å². The number of rotatable bonds is 7. The van der Waals surface area contributed by atoms with Crippen LogP contribution in [-0.2, 0) is 0 Å². The minimum atomic E-state index is -0.957. The van der Waals surface area contributed by atoms with Crippen molar-refractivity contribution in [3.8, 4) is 0 Å². The molecular weight excluding hydrogens is 364 g/mol. The lowest BCUT2D eigenvalue weighted by atomic mass is 9.83. The van der Waals surface area contributed by atoms with Gasteiger partial charge in [0.2, 0.25) is 0 Å². The van der Waals surface area contributed by atoms with E-state index in [0.29, 0.717) is 17.1 Å². The monoisotopic (exact) mass is 400 g/mol. The third-order valence-electron chi connectivity index (χ3n) is 5.22. The van der Waals surface area contributed by atoms with Crippen LogP contribution in [0.25, 0.3) is 0 Å². The lowest BCUT2D eigenvalue weighted by Gasteiger charge is -2.42. The Morgan fingerprint density at radius 1 is 1.10 bits per heavy atom. The number of hydrazine groups is 1. The number of amides is 1. The zero-order valence-electron chi connectivity index (χ0n) is 19.1. The summed E-state index contributed by atoms with van der Waals surface area (Å²) < 4.78 is 5.53. The summed E-state index contributed by atoms with van der Waals surface area (Å²) in [6.45, 7) is 16.1. The first-order valence-corrected chi connectivity index (χ1v) is 10.4. The second-order valence-corrected chi connectivity index (χ2v) is 9.14. The highest BCUT2D eigenvalue weighted by Crippen LogP contribution is 2.32. The summed E-state index contributed by atoms with van der Waals surface area (Å²) in [7, 11) is 0. The van der Waals surface area contributed by atoms with Gasteiger partial charge in [-0.2, -0.15) is 5.01 Å². The van der Waals surface area contributed by atoms with Gasteiger partial charge < -0.3 is 9.52 Å². The minimum absolute atomic E-state index is 0.0550. The van der Waals surface area contributed by atoms with Crippen molar-refractivity contribution in [1.29, 1.82) is 0 Å². The predicted molar refractivity (Wildman–Crippen MR) is 117 cm³/mol. The van der Waals surface area contributed by atoms with Gasteiger partial charge in [0.1, 0.15) is 17.7 Å². The molecule has 1 aromatic heterocycles. The molecule has 0 radical (unpaired) electrons. The van der Waals surface area contributed by atoms with Crippen LogP contribution in [0.2, 0.25) is 0 Å². The highest BCUT2D eigenvalue weighted by Gasteiger charge is 2.36. The molecule has 0 aliphatic carbocycles. The molecule has 0 saturated carbocycles. The van der Waals surface area contributed by atoms with Crippen molar-refractivity contribution in [1.82, 2.24) is 10.4 Å². The normalized spacial score (nSPS) is 14.1. The molecule has 29 heavy (non-hydrogen) atoms. The first-order chi connectivity index (χ1) is 13.4. The second-order valence-electron chi connectivity index (χ2n) is 9.14. The van der Waals surface area contributed by atoms with Crippen molar-refractivity contribution < 1.29 is 14.3 Å². The summed E-state index contributed by atoms with van der Waals surface area (Å²) in [4.78, 5) is 13.1. The van der Waals surface area contributed by atoms with Gasteiger partial charge in [0.25, 0.3) is 5.91 Å². The van der Waals surface area contributed by atoms with E-state index in [1.807, 2.05) is 32.9 Å². The SMILES string of the molecule is CCC[C@@H](N(NC(=O)c1cc(C)oc1C)C(O)c1cc(C)cc(C)c1)C(C)(C)C. The van der Waals surface area contributed by atoms with Crippen LogP contribution < -0.4 is 5.43 Å². The van der Waals surface area contributed by atoms with Crippen molar-refractivity contribution in [2.24, 2.45) is 5.41 Å². The topological polar surface area (TPSA) is 65.7 Å². The van der Waals surface area contributed by atoms with E-state index in [2.05, 4.69) is 39.2 Å². The smallest absolute Gasteiger partial charge is 0.269 e. The van der Waals surface area contributed by atoms with Gasteiger partial charge in [-0.3, -0.25) is 10.2 Å². The Balaban J connectivity index is 2.46. The van der Waals surface area contributed by atoms with E-state index in [9.17, 15) is 9.90 Å². The number of benzene rings is 1. The molecule has 1 aromatic carbocycles. The molecular formula is C24H36N2O3. The maximum Gasteiger partial charge on any atom is 0.269 e. The number of carbonyl (C=O) groups excluding carboxylic acids is 1. The maximum atomic E-state index is 13.1. The van der Waals surface area contributed by atoms with E-state index in [0.717, 1.165) is 29.5 Å². The first kappa shape index (κ1) is 23.2. The lowest BCUT2D eigenvalue weighted by molar-refractivity contribution is -0.0869. The third-order valence-corrected chi connectivity index (χ3v) is 5.22. The standard InChI is InChI=1S/C24H36N2O3/c1-9-10-21(24(6,7)8)26(23(28)19-12-15(2)11-16(3)13-19)25-22(27)20-14-17(4)29-18(20)5/h11-14,21,23,28H,9-10H2,1-8H3,(H,25,27)/t21-,23?/m1/s1. The predicted octanol–water partition coefficient (Wildman–Crippen LogP) is 5.37. The molecule has 0 saturated heterocycles. The van der Waals surface area contributed by atoms with Crippen LogP contribution in [0.4, 0.5) is 0 Å². The van der Waals surface area contributed by atoms with Crippen LogP contribution in [0, 0.1) is 33.1 Å². The highest BCUT2D eigenvalue weighted by molar-refractivity contribution is 5.95. The van der Waals surface area contributed by atoms with Crippen molar-refractivity contribution in [2.75, 3.05) is 0 Å². The molecule has 0 aliphatic heterocycles. The van der Waals surface area contributed by atoms with E-state index in [1.54, 1.807) is 18.0 Å².